The zero-order valence-corrected chi connectivity index (χ0v) is 11.2. The number of ether oxygens (including phenoxy) is 1. The molecule has 0 aromatic heterocycles. The van der Waals surface area contributed by atoms with Gasteiger partial charge in [0.1, 0.15) is 5.75 Å². The third-order valence-corrected chi connectivity index (χ3v) is 3.10. The van der Waals surface area contributed by atoms with Crippen LogP contribution in [0.4, 0.5) is 5.69 Å². The molecule has 2 rings (SSSR count). The maximum atomic E-state index is 5.88. The van der Waals surface area contributed by atoms with E-state index in [9.17, 15) is 0 Å². The maximum Gasteiger partial charge on any atom is 0.141 e. The van der Waals surface area contributed by atoms with Gasteiger partial charge in [0.25, 0.3) is 0 Å². The zero-order chi connectivity index (χ0) is 13.0. The number of methoxy groups -OCH3 is 1. The molecule has 18 heavy (non-hydrogen) atoms. The summed E-state index contributed by atoms with van der Waals surface area (Å²) in [5, 5.41) is 4.18. The molecule has 0 unspecified atom stereocenters. The first-order valence-corrected chi connectivity index (χ1v) is 6.23. The number of benzene rings is 2. The summed E-state index contributed by atoms with van der Waals surface area (Å²) in [7, 11) is 1.67. The SMILES string of the molecule is COc1ccccc1N[C@H](C)c1ccc(Cl)cc1. The van der Waals surface area contributed by atoms with Gasteiger partial charge in [0.2, 0.25) is 0 Å². The second-order valence-electron chi connectivity index (χ2n) is 4.12. The Morgan fingerprint density at radius 3 is 2.39 bits per heavy atom. The molecule has 0 amide bonds. The summed E-state index contributed by atoms with van der Waals surface area (Å²) in [4.78, 5) is 0. The minimum absolute atomic E-state index is 0.193. The van der Waals surface area contributed by atoms with Crippen molar-refractivity contribution in [3.63, 3.8) is 0 Å². The smallest absolute Gasteiger partial charge is 0.141 e. The highest BCUT2D eigenvalue weighted by Gasteiger charge is 2.08. The summed E-state index contributed by atoms with van der Waals surface area (Å²) in [6.45, 7) is 2.11. The van der Waals surface area contributed by atoms with Crippen LogP contribution in [0.25, 0.3) is 0 Å². The van der Waals surface area contributed by atoms with Gasteiger partial charge in [-0.2, -0.15) is 0 Å². The van der Waals surface area contributed by atoms with Crippen LogP contribution in [0, 0.1) is 0 Å². The van der Waals surface area contributed by atoms with Crippen molar-refractivity contribution in [2.45, 2.75) is 13.0 Å². The number of para-hydroxylation sites is 2. The predicted molar refractivity (Wildman–Crippen MR) is 76.5 cm³/mol. The molecular weight excluding hydrogens is 246 g/mol. The van der Waals surface area contributed by atoms with E-state index in [1.165, 1.54) is 5.56 Å². The van der Waals surface area contributed by atoms with E-state index in [0.29, 0.717) is 0 Å². The van der Waals surface area contributed by atoms with Gasteiger partial charge in [-0.15, -0.1) is 0 Å². The third kappa shape index (κ3) is 2.96. The summed E-state index contributed by atoms with van der Waals surface area (Å²) in [5.74, 6) is 0.846. The Morgan fingerprint density at radius 1 is 1.06 bits per heavy atom. The van der Waals surface area contributed by atoms with Crippen LogP contribution in [0.15, 0.2) is 48.5 Å². The molecule has 0 bridgehead atoms. The van der Waals surface area contributed by atoms with Crippen LogP contribution in [0.3, 0.4) is 0 Å². The summed E-state index contributed by atoms with van der Waals surface area (Å²) >= 11 is 5.88. The summed E-state index contributed by atoms with van der Waals surface area (Å²) < 4.78 is 5.32. The van der Waals surface area contributed by atoms with Crippen LogP contribution in [0.5, 0.6) is 5.75 Å². The molecular formula is C15H16ClNO. The number of halogens is 1. The summed E-state index contributed by atoms with van der Waals surface area (Å²) in [5.41, 5.74) is 2.17. The van der Waals surface area contributed by atoms with Gasteiger partial charge in [0, 0.05) is 11.1 Å². The van der Waals surface area contributed by atoms with Crippen molar-refractivity contribution in [1.29, 1.82) is 0 Å². The number of anilines is 1. The van der Waals surface area contributed by atoms with Crippen LogP contribution in [0.2, 0.25) is 5.02 Å². The Morgan fingerprint density at radius 2 is 1.72 bits per heavy atom. The Kier molecular flexibility index (Phi) is 4.11. The van der Waals surface area contributed by atoms with Crippen LogP contribution in [0.1, 0.15) is 18.5 Å². The first-order valence-electron chi connectivity index (χ1n) is 5.85. The number of nitrogens with one attached hydrogen (secondary N) is 1. The molecule has 0 saturated carbocycles. The molecule has 2 nitrogen and oxygen atoms in total. The summed E-state index contributed by atoms with van der Waals surface area (Å²) in [6.07, 6.45) is 0. The van der Waals surface area contributed by atoms with Gasteiger partial charge in [0.15, 0.2) is 0 Å². The van der Waals surface area contributed by atoms with E-state index < -0.39 is 0 Å². The van der Waals surface area contributed by atoms with Gasteiger partial charge in [-0.05, 0) is 36.8 Å². The van der Waals surface area contributed by atoms with E-state index in [0.717, 1.165) is 16.5 Å². The van der Waals surface area contributed by atoms with Crippen molar-refractivity contribution >= 4 is 17.3 Å². The molecule has 94 valence electrons. The van der Waals surface area contributed by atoms with Gasteiger partial charge in [-0.3, -0.25) is 0 Å². The number of hydrogen-bond acceptors (Lipinski definition) is 2. The minimum atomic E-state index is 0.193. The van der Waals surface area contributed by atoms with E-state index in [-0.39, 0.29) is 6.04 Å². The van der Waals surface area contributed by atoms with Crippen molar-refractivity contribution < 1.29 is 4.74 Å². The Hall–Kier alpha value is -1.67. The Labute approximate surface area is 113 Å². The van der Waals surface area contributed by atoms with Gasteiger partial charge in [0.05, 0.1) is 12.8 Å². The normalized spacial score (nSPS) is 11.9. The highest BCUT2D eigenvalue weighted by Crippen LogP contribution is 2.27. The Balaban J connectivity index is 2.15. The Bertz CT molecular complexity index is 510. The molecule has 1 N–H and O–H groups in total. The molecule has 2 aromatic carbocycles. The quantitative estimate of drug-likeness (QED) is 0.874. The molecule has 0 saturated heterocycles. The standard InChI is InChI=1S/C15H16ClNO/c1-11(12-7-9-13(16)10-8-12)17-14-5-3-4-6-15(14)18-2/h3-11,17H,1-2H3/t11-/m1/s1. The van der Waals surface area contributed by atoms with Crippen molar-refractivity contribution in [2.75, 3.05) is 12.4 Å². The van der Waals surface area contributed by atoms with Crippen molar-refractivity contribution in [3.8, 4) is 5.75 Å². The first-order chi connectivity index (χ1) is 8.70. The topological polar surface area (TPSA) is 21.3 Å². The van der Waals surface area contributed by atoms with Crippen molar-refractivity contribution in [3.05, 3.63) is 59.1 Å². The van der Waals surface area contributed by atoms with Gasteiger partial charge in [-0.1, -0.05) is 35.9 Å². The largest absolute Gasteiger partial charge is 0.495 e. The molecule has 0 aliphatic rings. The number of rotatable bonds is 4. The average molecular weight is 262 g/mol. The molecule has 3 heteroatoms. The monoisotopic (exact) mass is 261 g/mol. The zero-order valence-electron chi connectivity index (χ0n) is 10.5. The fraction of sp³-hybridized carbons (Fsp3) is 0.200. The average Bonchev–Trinajstić information content (AvgIpc) is 2.40. The van der Waals surface area contributed by atoms with Crippen molar-refractivity contribution in [1.82, 2.24) is 0 Å². The third-order valence-electron chi connectivity index (χ3n) is 2.85. The van der Waals surface area contributed by atoms with Gasteiger partial charge >= 0.3 is 0 Å². The first kappa shape index (κ1) is 12.8. The van der Waals surface area contributed by atoms with Gasteiger partial charge < -0.3 is 10.1 Å². The summed E-state index contributed by atoms with van der Waals surface area (Å²) in [6, 6.07) is 15.9. The van der Waals surface area contributed by atoms with E-state index in [1.54, 1.807) is 7.11 Å². The fourth-order valence-corrected chi connectivity index (χ4v) is 1.96. The molecule has 0 heterocycles. The van der Waals surface area contributed by atoms with Gasteiger partial charge in [-0.25, -0.2) is 0 Å². The molecule has 2 aromatic rings. The van der Waals surface area contributed by atoms with Crippen LogP contribution >= 0.6 is 11.6 Å². The highest BCUT2D eigenvalue weighted by atomic mass is 35.5. The maximum absolute atomic E-state index is 5.88. The minimum Gasteiger partial charge on any atom is -0.495 e. The molecule has 0 aliphatic carbocycles. The molecule has 0 aliphatic heterocycles. The lowest BCUT2D eigenvalue weighted by molar-refractivity contribution is 0.416. The van der Waals surface area contributed by atoms with Crippen molar-refractivity contribution in [2.24, 2.45) is 0 Å². The second kappa shape index (κ2) is 5.78. The lowest BCUT2D eigenvalue weighted by atomic mass is 10.1. The predicted octanol–water partition coefficient (Wildman–Crippen LogP) is 4.52. The lowest BCUT2D eigenvalue weighted by Gasteiger charge is -2.17. The molecule has 0 radical (unpaired) electrons. The lowest BCUT2D eigenvalue weighted by Crippen LogP contribution is -2.07. The highest BCUT2D eigenvalue weighted by molar-refractivity contribution is 6.30. The fourth-order valence-electron chi connectivity index (χ4n) is 1.83. The number of hydrogen-bond donors (Lipinski definition) is 1. The molecule has 1 atom stereocenters. The van der Waals surface area contributed by atoms with E-state index in [4.69, 9.17) is 16.3 Å². The molecule has 0 spiro atoms. The second-order valence-corrected chi connectivity index (χ2v) is 4.55. The van der Waals surface area contributed by atoms with Crippen LogP contribution in [-0.4, -0.2) is 7.11 Å². The van der Waals surface area contributed by atoms with Crippen LogP contribution < -0.4 is 10.1 Å². The molecule has 0 fully saturated rings. The van der Waals surface area contributed by atoms with E-state index in [2.05, 4.69) is 12.2 Å². The van der Waals surface area contributed by atoms with E-state index >= 15 is 0 Å². The van der Waals surface area contributed by atoms with E-state index in [1.807, 2.05) is 48.5 Å². The van der Waals surface area contributed by atoms with Crippen LogP contribution in [-0.2, 0) is 0 Å².